The SMILES string of the molecule is CC(C)N(Cc1nc2ccccc2c(=O)[nH]1)C(=O)c1ccc2c(c1)C(=O)N(CCc1ccccc1)C2=O. The van der Waals surface area contributed by atoms with E-state index in [9.17, 15) is 19.2 Å². The van der Waals surface area contributed by atoms with Gasteiger partial charge in [0.15, 0.2) is 0 Å². The molecule has 1 aliphatic heterocycles. The van der Waals surface area contributed by atoms with Gasteiger partial charge in [0.1, 0.15) is 5.82 Å². The minimum atomic E-state index is -0.401. The molecule has 8 nitrogen and oxygen atoms in total. The highest BCUT2D eigenvalue weighted by Crippen LogP contribution is 2.25. The molecule has 5 rings (SSSR count). The number of nitrogens with zero attached hydrogens (tertiary/aromatic N) is 3. The monoisotopic (exact) mass is 494 g/mol. The molecule has 3 amide bonds. The van der Waals surface area contributed by atoms with Crippen LogP contribution in [-0.4, -0.2) is 50.1 Å². The molecule has 2 heterocycles. The van der Waals surface area contributed by atoms with Gasteiger partial charge >= 0.3 is 0 Å². The van der Waals surface area contributed by atoms with Crippen molar-refractivity contribution >= 4 is 28.6 Å². The number of hydrogen-bond acceptors (Lipinski definition) is 5. The molecule has 1 aliphatic rings. The third kappa shape index (κ3) is 4.65. The zero-order valence-electron chi connectivity index (χ0n) is 20.6. The predicted molar refractivity (Wildman–Crippen MR) is 139 cm³/mol. The molecular weight excluding hydrogens is 468 g/mol. The maximum Gasteiger partial charge on any atom is 0.261 e. The molecule has 3 aromatic carbocycles. The quantitative estimate of drug-likeness (QED) is 0.394. The molecule has 0 radical (unpaired) electrons. The largest absolute Gasteiger partial charge is 0.329 e. The van der Waals surface area contributed by atoms with Crippen molar-refractivity contribution in [3.05, 3.63) is 111 Å². The van der Waals surface area contributed by atoms with E-state index >= 15 is 0 Å². The smallest absolute Gasteiger partial charge is 0.261 e. The van der Waals surface area contributed by atoms with Gasteiger partial charge in [-0.1, -0.05) is 42.5 Å². The van der Waals surface area contributed by atoms with Gasteiger partial charge in [0, 0.05) is 18.2 Å². The number of para-hydroxylation sites is 1. The van der Waals surface area contributed by atoms with Crippen LogP contribution in [0.2, 0.25) is 0 Å². The summed E-state index contributed by atoms with van der Waals surface area (Å²) in [6.07, 6.45) is 0.552. The Hall–Kier alpha value is -4.59. The lowest BCUT2D eigenvalue weighted by Gasteiger charge is -2.26. The molecule has 8 heteroatoms. The number of hydrogen-bond donors (Lipinski definition) is 1. The van der Waals surface area contributed by atoms with Crippen molar-refractivity contribution in [2.45, 2.75) is 32.9 Å². The molecule has 0 spiro atoms. The van der Waals surface area contributed by atoms with Gasteiger partial charge < -0.3 is 9.88 Å². The number of amides is 3. The first-order valence-corrected chi connectivity index (χ1v) is 12.2. The average molecular weight is 495 g/mol. The predicted octanol–water partition coefficient (Wildman–Crippen LogP) is 3.81. The molecule has 1 N–H and O–H groups in total. The lowest BCUT2D eigenvalue weighted by molar-refractivity contribution is 0.0654. The fraction of sp³-hybridized carbons (Fsp3) is 0.207. The Labute approximate surface area is 213 Å². The molecule has 4 aromatic rings. The van der Waals surface area contributed by atoms with Gasteiger partial charge in [-0.3, -0.25) is 24.1 Å². The van der Waals surface area contributed by atoms with E-state index in [0.29, 0.717) is 34.3 Å². The number of imide groups is 1. The topological polar surface area (TPSA) is 103 Å². The highest BCUT2D eigenvalue weighted by Gasteiger charge is 2.36. The summed E-state index contributed by atoms with van der Waals surface area (Å²) in [4.78, 5) is 62.1. The fourth-order valence-corrected chi connectivity index (χ4v) is 4.54. The normalized spacial score (nSPS) is 12.9. The lowest BCUT2D eigenvalue weighted by Crippen LogP contribution is -2.37. The number of benzene rings is 3. The number of nitrogens with one attached hydrogen (secondary N) is 1. The first kappa shape index (κ1) is 24.1. The highest BCUT2D eigenvalue weighted by atomic mass is 16.2. The van der Waals surface area contributed by atoms with Crippen LogP contribution in [0, 0.1) is 0 Å². The summed E-state index contributed by atoms with van der Waals surface area (Å²) in [5, 5.41) is 0.479. The van der Waals surface area contributed by atoms with Gasteiger partial charge in [0.25, 0.3) is 23.3 Å². The summed E-state index contributed by atoms with van der Waals surface area (Å²) in [5.41, 5.74) is 2.13. The van der Waals surface area contributed by atoms with Crippen molar-refractivity contribution in [2.75, 3.05) is 6.54 Å². The summed E-state index contributed by atoms with van der Waals surface area (Å²) in [5.74, 6) is -0.711. The van der Waals surface area contributed by atoms with E-state index in [1.54, 1.807) is 41.3 Å². The number of aromatic amines is 1. The van der Waals surface area contributed by atoms with Crippen molar-refractivity contribution in [3.63, 3.8) is 0 Å². The molecule has 1 aromatic heterocycles. The van der Waals surface area contributed by atoms with Gasteiger partial charge in [-0.05, 0) is 56.2 Å². The highest BCUT2D eigenvalue weighted by molar-refractivity contribution is 6.22. The first-order valence-electron chi connectivity index (χ1n) is 12.2. The van der Waals surface area contributed by atoms with Crippen LogP contribution in [0.15, 0.2) is 77.6 Å². The van der Waals surface area contributed by atoms with Gasteiger partial charge in [-0.2, -0.15) is 0 Å². The zero-order chi connectivity index (χ0) is 26.1. The Bertz CT molecular complexity index is 1580. The van der Waals surface area contributed by atoms with Gasteiger partial charge in [0.05, 0.1) is 28.6 Å². The number of fused-ring (bicyclic) bond motifs is 2. The number of H-pyrrole nitrogens is 1. The second-order valence-electron chi connectivity index (χ2n) is 9.31. The van der Waals surface area contributed by atoms with E-state index in [1.165, 1.54) is 11.0 Å². The lowest BCUT2D eigenvalue weighted by atomic mass is 10.0. The third-order valence-electron chi connectivity index (χ3n) is 6.55. The van der Waals surface area contributed by atoms with Crippen LogP contribution in [0.3, 0.4) is 0 Å². The summed E-state index contributed by atoms with van der Waals surface area (Å²) < 4.78 is 0. The van der Waals surface area contributed by atoms with Crippen molar-refractivity contribution in [2.24, 2.45) is 0 Å². The van der Waals surface area contributed by atoms with E-state index in [-0.39, 0.29) is 42.1 Å². The summed E-state index contributed by atoms with van der Waals surface area (Å²) >= 11 is 0. The van der Waals surface area contributed by atoms with Crippen molar-refractivity contribution in [1.82, 2.24) is 19.8 Å². The molecule has 0 unspecified atom stereocenters. The summed E-state index contributed by atoms with van der Waals surface area (Å²) in [6, 6.07) is 21.1. The number of carbonyl (C=O) groups excluding carboxylic acids is 3. The van der Waals surface area contributed by atoms with Crippen LogP contribution in [0.5, 0.6) is 0 Å². The van der Waals surface area contributed by atoms with E-state index in [1.807, 2.05) is 44.2 Å². The van der Waals surface area contributed by atoms with Gasteiger partial charge in [-0.15, -0.1) is 0 Å². The molecular formula is C29H26N4O4. The Morgan fingerprint density at radius 1 is 0.919 bits per heavy atom. The second kappa shape index (κ2) is 9.81. The minimum Gasteiger partial charge on any atom is -0.329 e. The number of rotatable bonds is 7. The molecule has 37 heavy (non-hydrogen) atoms. The Kier molecular flexibility index (Phi) is 6.40. The maximum atomic E-state index is 13.5. The number of aromatic nitrogens is 2. The van der Waals surface area contributed by atoms with E-state index < -0.39 is 5.91 Å². The molecule has 0 saturated carbocycles. The van der Waals surface area contributed by atoms with Crippen LogP contribution in [0.25, 0.3) is 10.9 Å². The number of carbonyl (C=O) groups is 3. The molecule has 0 fully saturated rings. The molecule has 0 atom stereocenters. The van der Waals surface area contributed by atoms with Crippen LogP contribution < -0.4 is 5.56 Å². The van der Waals surface area contributed by atoms with E-state index in [2.05, 4.69) is 9.97 Å². The third-order valence-corrected chi connectivity index (χ3v) is 6.55. The van der Waals surface area contributed by atoms with Crippen LogP contribution >= 0.6 is 0 Å². The van der Waals surface area contributed by atoms with E-state index in [4.69, 9.17) is 0 Å². The van der Waals surface area contributed by atoms with Gasteiger partial charge in [-0.25, -0.2) is 4.98 Å². The molecule has 0 saturated heterocycles. The standard InChI is InChI=1S/C29H26N4O4/c1-18(2)33(17-25-30-24-11-7-6-10-22(24)26(34)31-25)27(35)20-12-13-21-23(16-20)29(37)32(28(21)36)15-14-19-8-4-3-5-9-19/h3-13,16,18H,14-15,17H2,1-2H3,(H,30,31,34). The van der Waals surface area contributed by atoms with Crippen molar-refractivity contribution in [1.29, 1.82) is 0 Å². The van der Waals surface area contributed by atoms with Gasteiger partial charge in [0.2, 0.25) is 0 Å². The van der Waals surface area contributed by atoms with Crippen molar-refractivity contribution < 1.29 is 14.4 Å². The first-order chi connectivity index (χ1) is 17.8. The Morgan fingerprint density at radius 2 is 1.62 bits per heavy atom. The van der Waals surface area contributed by atoms with Crippen LogP contribution in [-0.2, 0) is 13.0 Å². The average Bonchev–Trinajstić information content (AvgIpc) is 3.14. The Morgan fingerprint density at radius 3 is 2.38 bits per heavy atom. The van der Waals surface area contributed by atoms with Crippen LogP contribution in [0.1, 0.15) is 56.3 Å². The van der Waals surface area contributed by atoms with Crippen molar-refractivity contribution in [3.8, 4) is 0 Å². The van der Waals surface area contributed by atoms with Crippen LogP contribution in [0.4, 0.5) is 0 Å². The summed E-state index contributed by atoms with van der Waals surface area (Å²) in [7, 11) is 0. The Balaban J connectivity index is 1.38. The fourth-order valence-electron chi connectivity index (χ4n) is 4.54. The zero-order valence-corrected chi connectivity index (χ0v) is 20.6. The summed E-state index contributed by atoms with van der Waals surface area (Å²) in [6.45, 7) is 4.08. The maximum absolute atomic E-state index is 13.5. The minimum absolute atomic E-state index is 0.0870. The molecule has 186 valence electrons. The van der Waals surface area contributed by atoms with E-state index in [0.717, 1.165) is 5.56 Å². The second-order valence-corrected chi connectivity index (χ2v) is 9.31. The molecule has 0 aliphatic carbocycles. The molecule has 0 bridgehead atoms.